The Hall–Kier alpha value is -1.04. The van der Waals surface area contributed by atoms with Gasteiger partial charge in [-0.1, -0.05) is 30.3 Å². The van der Waals surface area contributed by atoms with Crippen LogP contribution in [0.5, 0.6) is 0 Å². The van der Waals surface area contributed by atoms with Crippen LogP contribution in [0.2, 0.25) is 0 Å². The summed E-state index contributed by atoms with van der Waals surface area (Å²) in [6.07, 6.45) is 3.06. The second kappa shape index (κ2) is 7.89. The van der Waals surface area contributed by atoms with Crippen molar-refractivity contribution in [3.8, 4) is 0 Å². The highest BCUT2D eigenvalue weighted by Crippen LogP contribution is 2.28. The van der Waals surface area contributed by atoms with Crippen LogP contribution in [-0.4, -0.2) is 52.2 Å². The van der Waals surface area contributed by atoms with E-state index in [1.54, 1.807) is 0 Å². The van der Waals surface area contributed by atoms with Crippen molar-refractivity contribution in [1.82, 2.24) is 10.2 Å². The first-order chi connectivity index (χ1) is 11.6. The molecule has 2 heterocycles. The maximum Gasteiger partial charge on any atom is 0.252 e. The Balaban J connectivity index is 1.49. The van der Waals surface area contributed by atoms with Gasteiger partial charge in [-0.25, -0.2) is 0 Å². The molecule has 4 nitrogen and oxygen atoms in total. The van der Waals surface area contributed by atoms with Crippen LogP contribution in [0.1, 0.15) is 44.2 Å². The minimum atomic E-state index is -1.14. The molecule has 0 aliphatic carbocycles. The molecule has 2 saturated heterocycles. The molecule has 0 radical (unpaired) electrons. The quantitative estimate of drug-likeness (QED) is 0.878. The lowest BCUT2D eigenvalue weighted by molar-refractivity contribution is -0.141. The van der Waals surface area contributed by atoms with E-state index in [0.717, 1.165) is 37.4 Å². The van der Waals surface area contributed by atoms with Crippen molar-refractivity contribution in [2.45, 2.75) is 50.3 Å². The van der Waals surface area contributed by atoms with Gasteiger partial charge in [-0.15, -0.1) is 0 Å². The van der Waals surface area contributed by atoms with Crippen molar-refractivity contribution in [1.29, 1.82) is 0 Å². The average molecular weight is 349 g/mol. The predicted molar refractivity (Wildman–Crippen MR) is 99.1 cm³/mol. The van der Waals surface area contributed by atoms with Crippen molar-refractivity contribution in [3.63, 3.8) is 0 Å². The third-order valence-electron chi connectivity index (χ3n) is 5.44. The second-order valence-electron chi connectivity index (χ2n) is 7.01. The number of piperidine rings is 1. The molecule has 0 saturated carbocycles. The summed E-state index contributed by atoms with van der Waals surface area (Å²) >= 11 is 1.82. The molecule has 24 heavy (non-hydrogen) atoms. The molecule has 1 amide bonds. The Kier molecular flexibility index (Phi) is 5.85. The van der Waals surface area contributed by atoms with Crippen molar-refractivity contribution in [2.75, 3.05) is 24.6 Å². The Bertz CT molecular complexity index is 538. The summed E-state index contributed by atoms with van der Waals surface area (Å²) in [4.78, 5) is 14.9. The third-order valence-corrected chi connectivity index (χ3v) is 6.42. The summed E-state index contributed by atoms with van der Waals surface area (Å²) in [5, 5.41) is 13.6. The largest absolute Gasteiger partial charge is 0.380 e. The fourth-order valence-corrected chi connectivity index (χ4v) is 4.80. The van der Waals surface area contributed by atoms with E-state index in [-0.39, 0.29) is 11.9 Å². The molecule has 2 aliphatic rings. The monoisotopic (exact) mass is 348 g/mol. The number of nitrogens with one attached hydrogen (secondary N) is 1. The number of hydrogen-bond donors (Lipinski definition) is 2. The van der Waals surface area contributed by atoms with Gasteiger partial charge < -0.3 is 10.4 Å². The maximum absolute atomic E-state index is 12.4. The molecule has 3 rings (SSSR count). The molecule has 0 bridgehead atoms. The number of carbonyl (C=O) groups is 1. The minimum absolute atomic E-state index is 0.155. The van der Waals surface area contributed by atoms with Gasteiger partial charge in [0.25, 0.3) is 5.91 Å². The number of amides is 1. The molecule has 0 aromatic heterocycles. The zero-order chi connectivity index (χ0) is 17.0. The van der Waals surface area contributed by atoms with Gasteiger partial charge in [0.2, 0.25) is 0 Å². The van der Waals surface area contributed by atoms with E-state index in [2.05, 4.69) is 41.4 Å². The van der Waals surface area contributed by atoms with Crippen LogP contribution in [0.4, 0.5) is 0 Å². The fraction of sp³-hybridized carbons (Fsp3) is 0.632. The number of nitrogens with zero attached hydrogens (tertiary/aromatic N) is 1. The van der Waals surface area contributed by atoms with Crippen LogP contribution in [0, 0.1) is 0 Å². The van der Waals surface area contributed by atoms with E-state index in [0.29, 0.717) is 18.9 Å². The minimum Gasteiger partial charge on any atom is -0.380 e. The highest BCUT2D eigenvalue weighted by atomic mass is 32.2. The van der Waals surface area contributed by atoms with Crippen LogP contribution >= 0.6 is 11.8 Å². The molecule has 2 aliphatic heterocycles. The lowest BCUT2D eigenvalue weighted by Crippen LogP contribution is -2.54. The molecular formula is C19H28N2O2S. The summed E-state index contributed by atoms with van der Waals surface area (Å²) in [5.74, 6) is 1.59. The van der Waals surface area contributed by atoms with Crippen molar-refractivity contribution >= 4 is 17.7 Å². The first-order valence-corrected chi connectivity index (χ1v) is 10.1. The molecular weight excluding hydrogens is 320 g/mol. The van der Waals surface area contributed by atoms with E-state index < -0.39 is 5.60 Å². The van der Waals surface area contributed by atoms with Crippen molar-refractivity contribution < 1.29 is 9.90 Å². The molecule has 0 spiro atoms. The fourth-order valence-electron chi connectivity index (χ4n) is 3.63. The smallest absolute Gasteiger partial charge is 0.252 e. The van der Waals surface area contributed by atoms with E-state index in [9.17, 15) is 9.90 Å². The lowest BCUT2D eigenvalue weighted by atomic mass is 9.94. The van der Waals surface area contributed by atoms with Crippen LogP contribution in [0.15, 0.2) is 30.3 Å². The summed E-state index contributed by atoms with van der Waals surface area (Å²) in [7, 11) is 0. The standard InChI is InChI=1S/C19H28N2O2S/c1-15(16-5-3-2-4-6-16)21-11-7-17(8-12-21)20-18(22)19(23)9-13-24-14-10-19/h2-6,15,17,23H,7-14H2,1H3,(H,20,22). The molecule has 5 heteroatoms. The Morgan fingerprint density at radius 1 is 1.25 bits per heavy atom. The number of carbonyl (C=O) groups excluding carboxylic acids is 1. The van der Waals surface area contributed by atoms with Gasteiger partial charge in [0, 0.05) is 25.2 Å². The van der Waals surface area contributed by atoms with Gasteiger partial charge in [-0.2, -0.15) is 11.8 Å². The zero-order valence-corrected chi connectivity index (χ0v) is 15.2. The van der Waals surface area contributed by atoms with E-state index in [1.165, 1.54) is 5.56 Å². The Morgan fingerprint density at radius 2 is 1.88 bits per heavy atom. The molecule has 132 valence electrons. The van der Waals surface area contributed by atoms with Gasteiger partial charge in [0.15, 0.2) is 0 Å². The highest BCUT2D eigenvalue weighted by Gasteiger charge is 2.38. The van der Waals surface area contributed by atoms with Crippen LogP contribution in [0.25, 0.3) is 0 Å². The Morgan fingerprint density at radius 3 is 2.50 bits per heavy atom. The summed E-state index contributed by atoms with van der Waals surface area (Å²) in [5.41, 5.74) is 0.202. The molecule has 1 aromatic carbocycles. The first-order valence-electron chi connectivity index (χ1n) is 8.98. The number of thioether (sulfide) groups is 1. The molecule has 1 unspecified atom stereocenters. The number of aliphatic hydroxyl groups is 1. The molecule has 1 atom stereocenters. The number of rotatable bonds is 4. The third kappa shape index (κ3) is 4.13. The average Bonchev–Trinajstić information content (AvgIpc) is 2.63. The summed E-state index contributed by atoms with van der Waals surface area (Å²) in [6, 6.07) is 11.2. The maximum atomic E-state index is 12.4. The van der Waals surface area contributed by atoms with E-state index >= 15 is 0 Å². The van der Waals surface area contributed by atoms with E-state index in [1.807, 2.05) is 17.8 Å². The van der Waals surface area contributed by atoms with Crippen molar-refractivity contribution in [3.05, 3.63) is 35.9 Å². The summed E-state index contributed by atoms with van der Waals surface area (Å²) < 4.78 is 0. The number of benzene rings is 1. The van der Waals surface area contributed by atoms with Gasteiger partial charge in [-0.3, -0.25) is 9.69 Å². The SMILES string of the molecule is CC(c1ccccc1)N1CCC(NC(=O)C2(O)CCSCC2)CC1. The van der Waals surface area contributed by atoms with Gasteiger partial charge in [0.05, 0.1) is 0 Å². The van der Waals surface area contributed by atoms with Gasteiger partial charge in [0.1, 0.15) is 5.60 Å². The first kappa shape index (κ1) is 17.8. The Labute approximate surface area is 149 Å². The van der Waals surface area contributed by atoms with E-state index in [4.69, 9.17) is 0 Å². The van der Waals surface area contributed by atoms with Gasteiger partial charge in [-0.05, 0) is 49.7 Å². The zero-order valence-electron chi connectivity index (χ0n) is 14.4. The number of hydrogen-bond acceptors (Lipinski definition) is 4. The topological polar surface area (TPSA) is 52.6 Å². The van der Waals surface area contributed by atoms with Crippen LogP contribution < -0.4 is 5.32 Å². The molecule has 2 fully saturated rings. The molecule has 2 N–H and O–H groups in total. The van der Waals surface area contributed by atoms with Crippen LogP contribution in [0.3, 0.4) is 0 Å². The highest BCUT2D eigenvalue weighted by molar-refractivity contribution is 7.99. The van der Waals surface area contributed by atoms with Crippen molar-refractivity contribution in [2.24, 2.45) is 0 Å². The second-order valence-corrected chi connectivity index (χ2v) is 8.24. The van der Waals surface area contributed by atoms with Gasteiger partial charge >= 0.3 is 0 Å². The number of likely N-dealkylation sites (tertiary alicyclic amines) is 1. The predicted octanol–water partition coefficient (Wildman–Crippen LogP) is 2.59. The molecule has 1 aromatic rings. The van der Waals surface area contributed by atoms with Crippen LogP contribution in [-0.2, 0) is 4.79 Å². The lowest BCUT2D eigenvalue weighted by Gasteiger charge is -2.38. The summed E-state index contributed by atoms with van der Waals surface area (Å²) in [6.45, 7) is 4.21. The normalized spacial score (nSPS) is 23.6.